The predicted octanol–water partition coefficient (Wildman–Crippen LogP) is 2.39. The number of aromatic nitrogens is 2. The van der Waals surface area contributed by atoms with Crippen LogP contribution in [-0.2, 0) is 11.3 Å². The Morgan fingerprint density at radius 2 is 1.90 bits per heavy atom. The standard InChI is InChI=1S/C23H33N5O3/c1-13(2)21-24-12-18(27-21)19-17(28-23(31)26-14(3)4)10-16(20(19)29)22(30)25-11-15-8-6-5-7-9-15/h5-9,12-14,16-17,19-20,29H,10-11H2,1-4H3,(H,24,27)(H,25,30)(H2,26,28,31)/t16-,17+,19+,20+/m0/s1. The molecule has 4 atom stereocenters. The second-order valence-electron chi connectivity index (χ2n) is 8.82. The number of carbonyl (C=O) groups excluding carboxylic acids is 2. The number of rotatable bonds is 7. The van der Waals surface area contributed by atoms with Crippen LogP contribution in [0.2, 0.25) is 0 Å². The molecule has 1 fully saturated rings. The van der Waals surface area contributed by atoms with Gasteiger partial charge in [-0.3, -0.25) is 4.79 Å². The molecular weight excluding hydrogens is 394 g/mol. The minimum absolute atomic E-state index is 0.0190. The van der Waals surface area contributed by atoms with Crippen LogP contribution in [0.1, 0.15) is 63.0 Å². The van der Waals surface area contributed by atoms with Gasteiger partial charge in [-0.05, 0) is 25.8 Å². The summed E-state index contributed by atoms with van der Waals surface area (Å²) in [5, 5.41) is 19.8. The third-order valence-electron chi connectivity index (χ3n) is 5.63. The van der Waals surface area contributed by atoms with Crippen molar-refractivity contribution in [1.82, 2.24) is 25.9 Å². The number of aromatic amines is 1. The minimum Gasteiger partial charge on any atom is -0.392 e. The van der Waals surface area contributed by atoms with Gasteiger partial charge in [-0.15, -0.1) is 0 Å². The number of benzene rings is 1. The normalized spacial score (nSPS) is 23.2. The highest BCUT2D eigenvalue weighted by Crippen LogP contribution is 2.39. The van der Waals surface area contributed by atoms with Crippen LogP contribution in [0.3, 0.4) is 0 Å². The number of nitrogens with zero attached hydrogens (tertiary/aromatic N) is 1. The van der Waals surface area contributed by atoms with E-state index in [1.54, 1.807) is 6.20 Å². The molecule has 3 amide bonds. The molecule has 1 heterocycles. The van der Waals surface area contributed by atoms with E-state index >= 15 is 0 Å². The van der Waals surface area contributed by atoms with E-state index in [1.807, 2.05) is 58.0 Å². The molecule has 0 spiro atoms. The highest BCUT2D eigenvalue weighted by atomic mass is 16.3. The third kappa shape index (κ3) is 5.64. The molecule has 31 heavy (non-hydrogen) atoms. The van der Waals surface area contributed by atoms with Gasteiger partial charge in [-0.2, -0.15) is 0 Å². The Morgan fingerprint density at radius 3 is 2.52 bits per heavy atom. The van der Waals surface area contributed by atoms with Gasteiger partial charge in [-0.1, -0.05) is 44.2 Å². The first-order chi connectivity index (χ1) is 14.8. The number of H-pyrrole nitrogens is 1. The topological polar surface area (TPSA) is 119 Å². The molecule has 0 saturated heterocycles. The molecule has 2 aromatic rings. The summed E-state index contributed by atoms with van der Waals surface area (Å²) in [6, 6.07) is 8.90. The van der Waals surface area contributed by atoms with Crippen molar-refractivity contribution in [2.75, 3.05) is 0 Å². The molecular formula is C23H33N5O3. The zero-order valence-corrected chi connectivity index (χ0v) is 18.6. The maximum absolute atomic E-state index is 12.9. The summed E-state index contributed by atoms with van der Waals surface area (Å²) in [5.41, 5.74) is 1.71. The Labute approximate surface area is 183 Å². The molecule has 3 rings (SSSR count). The van der Waals surface area contributed by atoms with Crippen molar-refractivity contribution in [2.24, 2.45) is 5.92 Å². The molecule has 1 aliphatic rings. The highest BCUT2D eigenvalue weighted by Gasteiger charge is 2.47. The Kier molecular flexibility index (Phi) is 7.33. The Morgan fingerprint density at radius 1 is 1.19 bits per heavy atom. The molecule has 1 aromatic carbocycles. The van der Waals surface area contributed by atoms with Gasteiger partial charge in [0, 0.05) is 42.4 Å². The van der Waals surface area contributed by atoms with Gasteiger partial charge in [0.1, 0.15) is 5.82 Å². The highest BCUT2D eigenvalue weighted by molar-refractivity contribution is 5.80. The van der Waals surface area contributed by atoms with E-state index in [2.05, 4.69) is 25.9 Å². The Hall–Kier alpha value is -2.87. The molecule has 8 heteroatoms. The molecule has 1 aliphatic carbocycles. The zero-order chi connectivity index (χ0) is 22.5. The van der Waals surface area contributed by atoms with Crippen molar-refractivity contribution in [1.29, 1.82) is 0 Å². The average Bonchev–Trinajstić information content (AvgIpc) is 3.31. The zero-order valence-electron chi connectivity index (χ0n) is 18.6. The van der Waals surface area contributed by atoms with Gasteiger partial charge in [0.05, 0.1) is 12.0 Å². The number of carbonyl (C=O) groups is 2. The lowest BCUT2D eigenvalue weighted by Gasteiger charge is -2.23. The minimum atomic E-state index is -0.944. The lowest BCUT2D eigenvalue weighted by molar-refractivity contribution is -0.127. The number of aliphatic hydroxyl groups is 1. The first-order valence-electron chi connectivity index (χ1n) is 10.9. The molecule has 0 aliphatic heterocycles. The van der Waals surface area contributed by atoms with Gasteiger partial charge in [0.2, 0.25) is 5.91 Å². The predicted molar refractivity (Wildman–Crippen MR) is 118 cm³/mol. The smallest absolute Gasteiger partial charge is 0.315 e. The maximum Gasteiger partial charge on any atom is 0.315 e. The van der Waals surface area contributed by atoms with Crippen LogP contribution in [0.15, 0.2) is 36.5 Å². The quantitative estimate of drug-likeness (QED) is 0.466. The van der Waals surface area contributed by atoms with Crippen LogP contribution in [0.25, 0.3) is 0 Å². The van der Waals surface area contributed by atoms with Crippen molar-refractivity contribution in [2.45, 2.75) is 70.7 Å². The summed E-state index contributed by atoms with van der Waals surface area (Å²) < 4.78 is 0. The first-order valence-corrected chi connectivity index (χ1v) is 10.9. The number of hydrogen-bond donors (Lipinski definition) is 5. The lowest BCUT2D eigenvalue weighted by atomic mass is 9.96. The van der Waals surface area contributed by atoms with E-state index in [-0.39, 0.29) is 23.9 Å². The van der Waals surface area contributed by atoms with E-state index in [9.17, 15) is 14.7 Å². The van der Waals surface area contributed by atoms with E-state index in [1.165, 1.54) is 0 Å². The second-order valence-corrected chi connectivity index (χ2v) is 8.82. The van der Waals surface area contributed by atoms with Crippen LogP contribution in [0, 0.1) is 5.92 Å². The van der Waals surface area contributed by atoms with Crippen molar-refractivity contribution in [3.8, 4) is 0 Å². The summed E-state index contributed by atoms with van der Waals surface area (Å²) in [7, 11) is 0. The summed E-state index contributed by atoms with van der Waals surface area (Å²) in [4.78, 5) is 32.9. The summed E-state index contributed by atoms with van der Waals surface area (Å²) in [6.07, 6.45) is 1.09. The molecule has 1 saturated carbocycles. The molecule has 0 bridgehead atoms. The number of urea groups is 1. The number of imidazole rings is 1. The fourth-order valence-electron chi connectivity index (χ4n) is 4.06. The average molecular weight is 428 g/mol. The van der Waals surface area contributed by atoms with E-state index in [0.717, 1.165) is 17.1 Å². The monoisotopic (exact) mass is 427 g/mol. The fraction of sp³-hybridized carbons (Fsp3) is 0.522. The van der Waals surface area contributed by atoms with E-state index in [0.29, 0.717) is 13.0 Å². The Balaban J connectivity index is 1.76. The largest absolute Gasteiger partial charge is 0.392 e. The van der Waals surface area contributed by atoms with Crippen LogP contribution in [-0.4, -0.2) is 45.2 Å². The third-order valence-corrected chi connectivity index (χ3v) is 5.63. The summed E-state index contributed by atoms with van der Waals surface area (Å²) >= 11 is 0. The van der Waals surface area contributed by atoms with Gasteiger partial charge < -0.3 is 26.0 Å². The molecule has 0 unspecified atom stereocenters. The number of amides is 3. The number of nitrogens with one attached hydrogen (secondary N) is 4. The summed E-state index contributed by atoms with van der Waals surface area (Å²) in [5.74, 6) is -0.301. The van der Waals surface area contributed by atoms with Gasteiger partial charge in [0.25, 0.3) is 0 Å². The van der Waals surface area contributed by atoms with E-state index < -0.39 is 24.0 Å². The summed E-state index contributed by atoms with van der Waals surface area (Å²) in [6.45, 7) is 8.20. The molecule has 1 aromatic heterocycles. The van der Waals surface area contributed by atoms with Crippen LogP contribution < -0.4 is 16.0 Å². The molecule has 0 radical (unpaired) electrons. The van der Waals surface area contributed by atoms with Gasteiger partial charge in [0.15, 0.2) is 0 Å². The second kappa shape index (κ2) is 9.96. The van der Waals surface area contributed by atoms with Crippen LogP contribution in [0.4, 0.5) is 4.79 Å². The van der Waals surface area contributed by atoms with E-state index in [4.69, 9.17) is 0 Å². The SMILES string of the molecule is CC(C)NC(=O)N[C@@H]1C[C@H](C(=O)NCc2ccccc2)[C@@H](O)[C@H]1c1cnc(C(C)C)[nH]1. The van der Waals surface area contributed by atoms with Gasteiger partial charge >= 0.3 is 6.03 Å². The van der Waals surface area contributed by atoms with Crippen molar-refractivity contribution >= 4 is 11.9 Å². The molecule has 8 nitrogen and oxygen atoms in total. The van der Waals surface area contributed by atoms with Crippen molar-refractivity contribution in [3.05, 3.63) is 53.6 Å². The number of aliphatic hydroxyl groups excluding tert-OH is 1. The van der Waals surface area contributed by atoms with Crippen LogP contribution in [0.5, 0.6) is 0 Å². The lowest BCUT2D eigenvalue weighted by Crippen LogP contribution is -2.46. The van der Waals surface area contributed by atoms with Crippen LogP contribution >= 0.6 is 0 Å². The fourth-order valence-corrected chi connectivity index (χ4v) is 4.06. The molecule has 168 valence electrons. The van der Waals surface area contributed by atoms with Crippen molar-refractivity contribution in [3.63, 3.8) is 0 Å². The maximum atomic E-state index is 12.9. The first kappa shape index (κ1) is 22.8. The molecule has 5 N–H and O–H groups in total. The number of hydrogen-bond acceptors (Lipinski definition) is 4. The van der Waals surface area contributed by atoms with Gasteiger partial charge in [-0.25, -0.2) is 9.78 Å². The Bertz CT molecular complexity index is 880. The van der Waals surface area contributed by atoms with Crippen molar-refractivity contribution < 1.29 is 14.7 Å².